The lowest BCUT2D eigenvalue weighted by Gasteiger charge is -2.27. The Kier molecular flexibility index (Phi) is 5.08. The standard InChI is InChI=1S/C21H22ClFN4O/c1-12-17(23)5-4-15(19(12)22)14-3-6-18-16(11-14)20(26-25-18)24-21(28)13-7-9-27(2)10-8-13/h3-6,11,13H,7-10H2,1-2H3,(H2,24,25,26,28). The second-order valence-electron chi connectivity index (χ2n) is 7.43. The lowest BCUT2D eigenvalue weighted by molar-refractivity contribution is -0.121. The molecule has 0 saturated carbocycles. The van der Waals surface area contributed by atoms with Crippen molar-refractivity contribution < 1.29 is 9.18 Å². The summed E-state index contributed by atoms with van der Waals surface area (Å²) >= 11 is 6.36. The van der Waals surface area contributed by atoms with Crippen LogP contribution in [0.4, 0.5) is 10.2 Å². The van der Waals surface area contributed by atoms with Crippen LogP contribution < -0.4 is 5.32 Å². The maximum absolute atomic E-state index is 13.7. The lowest BCUT2D eigenvalue weighted by atomic mass is 9.96. The molecule has 3 aromatic rings. The summed E-state index contributed by atoms with van der Waals surface area (Å²) in [5.41, 5.74) is 2.83. The van der Waals surface area contributed by atoms with Gasteiger partial charge in [0, 0.05) is 22.4 Å². The fourth-order valence-electron chi connectivity index (χ4n) is 3.65. The van der Waals surface area contributed by atoms with E-state index in [1.165, 1.54) is 6.07 Å². The van der Waals surface area contributed by atoms with Gasteiger partial charge in [-0.25, -0.2) is 4.39 Å². The third-order valence-electron chi connectivity index (χ3n) is 5.53. The van der Waals surface area contributed by atoms with E-state index < -0.39 is 0 Å². The summed E-state index contributed by atoms with van der Waals surface area (Å²) in [6.07, 6.45) is 1.70. The van der Waals surface area contributed by atoms with Crippen LogP contribution in [0.15, 0.2) is 30.3 Å². The molecule has 1 aliphatic rings. The Morgan fingerprint density at radius 1 is 1.29 bits per heavy atom. The van der Waals surface area contributed by atoms with Crippen LogP contribution in [0.5, 0.6) is 0 Å². The molecule has 0 aliphatic carbocycles. The number of rotatable bonds is 3. The average molecular weight is 401 g/mol. The number of nitrogens with zero attached hydrogens (tertiary/aromatic N) is 2. The highest BCUT2D eigenvalue weighted by molar-refractivity contribution is 6.34. The number of fused-ring (bicyclic) bond motifs is 1. The molecule has 0 bridgehead atoms. The summed E-state index contributed by atoms with van der Waals surface area (Å²) in [6, 6.07) is 8.79. The molecule has 0 spiro atoms. The highest BCUT2D eigenvalue weighted by Crippen LogP contribution is 2.34. The van der Waals surface area contributed by atoms with E-state index in [2.05, 4.69) is 27.5 Å². The van der Waals surface area contributed by atoms with Gasteiger partial charge in [0.2, 0.25) is 5.91 Å². The molecule has 2 N–H and O–H groups in total. The smallest absolute Gasteiger partial charge is 0.228 e. The van der Waals surface area contributed by atoms with Crippen molar-refractivity contribution in [2.24, 2.45) is 5.92 Å². The number of carbonyl (C=O) groups is 1. The molecule has 1 amide bonds. The molecular weight excluding hydrogens is 379 g/mol. The van der Waals surface area contributed by atoms with Crippen molar-refractivity contribution in [2.75, 3.05) is 25.5 Å². The number of likely N-dealkylation sites (tertiary alicyclic amines) is 1. The van der Waals surface area contributed by atoms with E-state index in [1.807, 2.05) is 18.2 Å². The summed E-state index contributed by atoms with van der Waals surface area (Å²) < 4.78 is 13.7. The number of hydrogen-bond donors (Lipinski definition) is 2. The Bertz CT molecular complexity index is 1040. The molecule has 1 fully saturated rings. The first-order chi connectivity index (χ1) is 13.4. The quantitative estimate of drug-likeness (QED) is 0.674. The van der Waals surface area contributed by atoms with Gasteiger partial charge in [0.05, 0.1) is 10.5 Å². The van der Waals surface area contributed by atoms with Crippen molar-refractivity contribution in [3.05, 3.63) is 46.7 Å². The molecule has 0 unspecified atom stereocenters. The van der Waals surface area contributed by atoms with Crippen molar-refractivity contribution in [2.45, 2.75) is 19.8 Å². The van der Waals surface area contributed by atoms with Gasteiger partial charge in [-0.3, -0.25) is 9.89 Å². The van der Waals surface area contributed by atoms with Crippen LogP contribution in [0.25, 0.3) is 22.0 Å². The number of aromatic amines is 1. The van der Waals surface area contributed by atoms with Crippen molar-refractivity contribution in [1.29, 1.82) is 0 Å². The van der Waals surface area contributed by atoms with Gasteiger partial charge in [0.15, 0.2) is 5.82 Å². The molecule has 0 radical (unpaired) electrons. The number of halogens is 2. The molecule has 2 aromatic carbocycles. The van der Waals surface area contributed by atoms with Gasteiger partial charge in [-0.15, -0.1) is 0 Å². The van der Waals surface area contributed by atoms with Crippen LogP contribution in [-0.4, -0.2) is 41.1 Å². The zero-order valence-corrected chi connectivity index (χ0v) is 16.6. The van der Waals surface area contributed by atoms with Crippen molar-refractivity contribution in [1.82, 2.24) is 15.1 Å². The Morgan fingerprint density at radius 2 is 2.04 bits per heavy atom. The summed E-state index contributed by atoms with van der Waals surface area (Å²) in [6.45, 7) is 3.50. The van der Waals surface area contributed by atoms with Gasteiger partial charge < -0.3 is 10.2 Å². The van der Waals surface area contributed by atoms with Gasteiger partial charge >= 0.3 is 0 Å². The van der Waals surface area contributed by atoms with Crippen molar-refractivity contribution in [3.8, 4) is 11.1 Å². The third kappa shape index (κ3) is 3.50. The number of aromatic nitrogens is 2. The minimum Gasteiger partial charge on any atom is -0.308 e. The van der Waals surface area contributed by atoms with Crippen LogP contribution in [-0.2, 0) is 4.79 Å². The molecule has 1 aliphatic heterocycles. The van der Waals surface area contributed by atoms with Crippen LogP contribution >= 0.6 is 11.6 Å². The van der Waals surface area contributed by atoms with Gasteiger partial charge in [-0.2, -0.15) is 5.10 Å². The second kappa shape index (κ2) is 7.53. The molecule has 1 aromatic heterocycles. The number of anilines is 1. The summed E-state index contributed by atoms with van der Waals surface area (Å²) in [7, 11) is 2.07. The van der Waals surface area contributed by atoms with Crippen molar-refractivity contribution in [3.63, 3.8) is 0 Å². The number of amides is 1. The van der Waals surface area contributed by atoms with E-state index in [0.717, 1.165) is 48.0 Å². The SMILES string of the molecule is Cc1c(F)ccc(-c2ccc3[nH]nc(NC(=O)C4CCN(C)CC4)c3c2)c1Cl. The van der Waals surface area contributed by atoms with Crippen LogP contribution in [0.2, 0.25) is 5.02 Å². The average Bonchev–Trinajstić information content (AvgIpc) is 3.09. The largest absolute Gasteiger partial charge is 0.308 e. The number of hydrogen-bond acceptors (Lipinski definition) is 3. The Balaban J connectivity index is 1.64. The molecule has 7 heteroatoms. The predicted molar refractivity (Wildman–Crippen MR) is 110 cm³/mol. The first-order valence-corrected chi connectivity index (χ1v) is 9.74. The number of piperidine rings is 1. The molecule has 1 saturated heterocycles. The fourth-order valence-corrected chi connectivity index (χ4v) is 3.91. The second-order valence-corrected chi connectivity index (χ2v) is 7.81. The van der Waals surface area contributed by atoms with E-state index in [0.29, 0.717) is 16.4 Å². The maximum Gasteiger partial charge on any atom is 0.228 e. The monoisotopic (exact) mass is 400 g/mol. The number of benzene rings is 2. The minimum atomic E-state index is -0.329. The fraction of sp³-hybridized carbons (Fsp3) is 0.333. The molecule has 5 nitrogen and oxygen atoms in total. The zero-order chi connectivity index (χ0) is 19.8. The molecule has 4 rings (SSSR count). The molecular formula is C21H22ClFN4O. The number of carbonyl (C=O) groups excluding carboxylic acids is 1. The van der Waals surface area contributed by atoms with E-state index in [4.69, 9.17) is 11.6 Å². The molecule has 2 heterocycles. The predicted octanol–water partition coefficient (Wildman–Crippen LogP) is 4.61. The van der Waals surface area contributed by atoms with Crippen LogP contribution in [0.1, 0.15) is 18.4 Å². The summed E-state index contributed by atoms with van der Waals surface area (Å²) in [4.78, 5) is 14.9. The van der Waals surface area contributed by atoms with Crippen LogP contribution in [0, 0.1) is 18.7 Å². The highest BCUT2D eigenvalue weighted by Gasteiger charge is 2.24. The molecule has 28 heavy (non-hydrogen) atoms. The van der Waals surface area contributed by atoms with E-state index in [9.17, 15) is 9.18 Å². The van der Waals surface area contributed by atoms with Crippen LogP contribution in [0.3, 0.4) is 0 Å². The zero-order valence-electron chi connectivity index (χ0n) is 15.9. The lowest BCUT2D eigenvalue weighted by Crippen LogP contribution is -2.36. The van der Waals surface area contributed by atoms with Gasteiger partial charge in [-0.05, 0) is 69.7 Å². The third-order valence-corrected chi connectivity index (χ3v) is 6.01. The topological polar surface area (TPSA) is 61.0 Å². The maximum atomic E-state index is 13.7. The Morgan fingerprint density at radius 3 is 2.79 bits per heavy atom. The highest BCUT2D eigenvalue weighted by atomic mass is 35.5. The first-order valence-electron chi connectivity index (χ1n) is 9.36. The first kappa shape index (κ1) is 18.9. The van der Waals surface area contributed by atoms with Gasteiger partial charge in [-0.1, -0.05) is 17.7 Å². The number of nitrogens with one attached hydrogen (secondary N) is 2. The van der Waals surface area contributed by atoms with E-state index in [1.54, 1.807) is 13.0 Å². The summed E-state index contributed by atoms with van der Waals surface area (Å²) in [5.74, 6) is 0.183. The summed E-state index contributed by atoms with van der Waals surface area (Å²) in [5, 5.41) is 11.4. The number of H-pyrrole nitrogens is 1. The Labute approximate surface area is 167 Å². The normalized spacial score (nSPS) is 15.9. The van der Waals surface area contributed by atoms with Crippen molar-refractivity contribution >= 4 is 34.2 Å². The molecule has 0 atom stereocenters. The van der Waals surface area contributed by atoms with Gasteiger partial charge in [0.1, 0.15) is 5.82 Å². The van der Waals surface area contributed by atoms with Gasteiger partial charge in [0.25, 0.3) is 0 Å². The molecule has 146 valence electrons. The minimum absolute atomic E-state index is 0.000301. The van der Waals surface area contributed by atoms with E-state index >= 15 is 0 Å². The Hall–Kier alpha value is -2.44. The van der Waals surface area contributed by atoms with E-state index in [-0.39, 0.29) is 17.6 Å².